The molecule has 1 atom stereocenters. The standard InChI is InChI=1S/C14H15F12NO/c1-2-7-5-3-4-6-27(7)9(28)11(19,20)13(23,24)14(25,26)12(21,22)10(17,18)8(15)16/h7-8H,2-6H2,1H3. The fraction of sp³-hybridized carbons (Fsp3) is 0.929. The second-order valence-corrected chi connectivity index (χ2v) is 6.28. The van der Waals surface area contributed by atoms with Gasteiger partial charge < -0.3 is 4.90 Å². The summed E-state index contributed by atoms with van der Waals surface area (Å²) in [5.74, 6) is -39.3. The van der Waals surface area contributed by atoms with E-state index in [1.807, 2.05) is 0 Å². The summed E-state index contributed by atoms with van der Waals surface area (Å²) >= 11 is 0. The first-order valence-electron chi connectivity index (χ1n) is 7.89. The molecule has 1 heterocycles. The van der Waals surface area contributed by atoms with Gasteiger partial charge in [0.15, 0.2) is 0 Å². The Morgan fingerprint density at radius 1 is 0.893 bits per heavy atom. The van der Waals surface area contributed by atoms with Crippen LogP contribution in [-0.4, -0.2) is 59.4 Å². The molecule has 2 nitrogen and oxygen atoms in total. The fourth-order valence-electron chi connectivity index (χ4n) is 2.75. The van der Waals surface area contributed by atoms with E-state index >= 15 is 0 Å². The summed E-state index contributed by atoms with van der Waals surface area (Å²) in [5, 5.41) is 0. The van der Waals surface area contributed by atoms with Gasteiger partial charge in [-0.15, -0.1) is 0 Å². The Balaban J connectivity index is 3.39. The molecule has 0 aromatic heterocycles. The Morgan fingerprint density at radius 2 is 1.39 bits per heavy atom. The predicted molar refractivity (Wildman–Crippen MR) is 70.4 cm³/mol. The third kappa shape index (κ3) is 3.40. The minimum atomic E-state index is -7.68. The Morgan fingerprint density at radius 3 is 1.82 bits per heavy atom. The molecule has 28 heavy (non-hydrogen) atoms. The average Bonchev–Trinajstić information content (AvgIpc) is 2.59. The smallest absolute Gasteiger partial charge is 0.334 e. The van der Waals surface area contributed by atoms with Gasteiger partial charge >= 0.3 is 36.0 Å². The highest BCUT2D eigenvalue weighted by molar-refractivity contribution is 5.85. The van der Waals surface area contributed by atoms with Crippen molar-refractivity contribution in [1.29, 1.82) is 0 Å². The summed E-state index contributed by atoms with van der Waals surface area (Å²) in [6, 6.07) is -1.10. The zero-order valence-corrected chi connectivity index (χ0v) is 14.1. The van der Waals surface area contributed by atoms with Gasteiger partial charge in [-0.1, -0.05) is 6.92 Å². The molecule has 0 saturated carbocycles. The van der Waals surface area contributed by atoms with Gasteiger partial charge in [0.2, 0.25) is 0 Å². The van der Waals surface area contributed by atoms with E-state index in [1.54, 1.807) is 0 Å². The van der Waals surface area contributed by atoms with Crippen LogP contribution in [0.5, 0.6) is 0 Å². The van der Waals surface area contributed by atoms with Crippen molar-refractivity contribution in [3.8, 4) is 0 Å². The zero-order chi connectivity index (χ0) is 22.3. The first kappa shape index (κ1) is 24.7. The summed E-state index contributed by atoms with van der Waals surface area (Å²) in [5.41, 5.74) is 0. The molecule has 14 heteroatoms. The van der Waals surface area contributed by atoms with Crippen molar-refractivity contribution < 1.29 is 57.5 Å². The second-order valence-electron chi connectivity index (χ2n) is 6.28. The van der Waals surface area contributed by atoms with E-state index in [-0.39, 0.29) is 24.2 Å². The van der Waals surface area contributed by atoms with Crippen molar-refractivity contribution in [3.63, 3.8) is 0 Å². The Kier molecular flexibility index (Phi) is 6.58. The number of hydrogen-bond acceptors (Lipinski definition) is 1. The van der Waals surface area contributed by atoms with E-state index in [0.29, 0.717) is 6.42 Å². The van der Waals surface area contributed by atoms with Gasteiger partial charge in [-0.3, -0.25) is 4.79 Å². The molecule has 1 aliphatic rings. The third-order valence-electron chi connectivity index (χ3n) is 4.50. The van der Waals surface area contributed by atoms with E-state index in [0.717, 1.165) is 0 Å². The number of likely N-dealkylation sites (tertiary alicyclic amines) is 1. The number of alkyl halides is 12. The highest BCUT2D eigenvalue weighted by Crippen LogP contribution is 2.58. The van der Waals surface area contributed by atoms with Gasteiger partial charge in [0.05, 0.1) is 0 Å². The Labute approximate surface area is 150 Å². The predicted octanol–water partition coefficient (Wildman–Crippen LogP) is 5.22. The minimum absolute atomic E-state index is 0.0138. The van der Waals surface area contributed by atoms with Crippen LogP contribution in [0.15, 0.2) is 0 Å². The molecule has 0 bridgehead atoms. The molecule has 0 aliphatic carbocycles. The molecular weight excluding hydrogens is 426 g/mol. The van der Waals surface area contributed by atoms with E-state index in [1.165, 1.54) is 6.92 Å². The van der Waals surface area contributed by atoms with Crippen molar-refractivity contribution in [2.45, 2.75) is 74.7 Å². The lowest BCUT2D eigenvalue weighted by molar-refractivity contribution is -0.407. The van der Waals surface area contributed by atoms with Crippen molar-refractivity contribution in [2.75, 3.05) is 6.54 Å². The summed E-state index contributed by atoms with van der Waals surface area (Å²) in [6.07, 6.45) is -5.22. The van der Waals surface area contributed by atoms with Crippen LogP contribution in [-0.2, 0) is 4.79 Å². The van der Waals surface area contributed by atoms with Crippen LogP contribution in [0.25, 0.3) is 0 Å². The molecule has 1 unspecified atom stereocenters. The molecular formula is C14H15F12NO. The lowest BCUT2D eigenvalue weighted by atomic mass is 9.92. The molecule has 1 amide bonds. The SMILES string of the molecule is CCC1CCCCN1C(=O)C(F)(F)C(F)(F)C(F)(F)C(F)(F)C(F)(F)C(F)F. The second kappa shape index (κ2) is 7.47. The summed E-state index contributed by atoms with van der Waals surface area (Å²) < 4.78 is 158. The van der Waals surface area contributed by atoms with Crippen LogP contribution in [0.2, 0.25) is 0 Å². The molecule has 1 fully saturated rings. The molecule has 0 N–H and O–H groups in total. The number of carbonyl (C=O) groups excluding carboxylic acids is 1. The molecule has 1 rings (SSSR count). The van der Waals surface area contributed by atoms with E-state index in [2.05, 4.69) is 0 Å². The maximum Gasteiger partial charge on any atom is 0.392 e. The topological polar surface area (TPSA) is 20.3 Å². The van der Waals surface area contributed by atoms with Gasteiger partial charge in [0, 0.05) is 12.6 Å². The van der Waals surface area contributed by atoms with Crippen LogP contribution >= 0.6 is 0 Å². The Hall–Kier alpha value is -1.37. The number of hydrogen-bond donors (Lipinski definition) is 0. The normalized spacial score (nSPS) is 20.6. The number of piperidine rings is 1. The molecule has 0 spiro atoms. The zero-order valence-electron chi connectivity index (χ0n) is 14.1. The number of carbonyl (C=O) groups is 1. The molecule has 0 aromatic carbocycles. The molecule has 1 saturated heterocycles. The average molecular weight is 441 g/mol. The number of halogens is 12. The maximum atomic E-state index is 13.9. The van der Waals surface area contributed by atoms with E-state index in [4.69, 9.17) is 0 Å². The monoisotopic (exact) mass is 441 g/mol. The quantitative estimate of drug-likeness (QED) is 0.497. The molecule has 0 aromatic rings. The van der Waals surface area contributed by atoms with Crippen molar-refractivity contribution >= 4 is 5.91 Å². The van der Waals surface area contributed by atoms with Gasteiger partial charge in [-0.05, 0) is 25.7 Å². The highest BCUT2D eigenvalue weighted by Gasteiger charge is 2.89. The fourth-order valence-corrected chi connectivity index (χ4v) is 2.75. The van der Waals surface area contributed by atoms with Crippen LogP contribution in [0.4, 0.5) is 52.7 Å². The third-order valence-corrected chi connectivity index (χ3v) is 4.50. The summed E-state index contributed by atoms with van der Waals surface area (Å²) in [4.78, 5) is 11.9. The molecule has 166 valence electrons. The number of nitrogens with zero attached hydrogens (tertiary/aromatic N) is 1. The minimum Gasteiger partial charge on any atom is -0.334 e. The largest absolute Gasteiger partial charge is 0.392 e. The van der Waals surface area contributed by atoms with Gasteiger partial charge in [-0.25, -0.2) is 8.78 Å². The van der Waals surface area contributed by atoms with Crippen LogP contribution in [0.3, 0.4) is 0 Å². The Bertz CT molecular complexity index is 577. The first-order chi connectivity index (χ1) is 12.4. The van der Waals surface area contributed by atoms with Crippen LogP contribution in [0.1, 0.15) is 32.6 Å². The van der Waals surface area contributed by atoms with Crippen LogP contribution in [0, 0.1) is 0 Å². The highest BCUT2D eigenvalue weighted by atomic mass is 19.4. The molecule has 1 aliphatic heterocycles. The number of amides is 1. The van der Waals surface area contributed by atoms with Gasteiger partial charge in [0.1, 0.15) is 0 Å². The molecule has 0 radical (unpaired) electrons. The van der Waals surface area contributed by atoms with E-state index < -0.39 is 54.5 Å². The van der Waals surface area contributed by atoms with Gasteiger partial charge in [0.25, 0.3) is 5.91 Å². The maximum absolute atomic E-state index is 13.9. The van der Waals surface area contributed by atoms with Crippen molar-refractivity contribution in [2.24, 2.45) is 0 Å². The first-order valence-corrected chi connectivity index (χ1v) is 7.89. The van der Waals surface area contributed by atoms with Gasteiger partial charge in [-0.2, -0.15) is 43.9 Å². The lowest BCUT2D eigenvalue weighted by Gasteiger charge is -2.42. The van der Waals surface area contributed by atoms with E-state index in [9.17, 15) is 57.5 Å². The summed E-state index contributed by atoms with van der Waals surface area (Å²) in [6.45, 7) is 0.761. The summed E-state index contributed by atoms with van der Waals surface area (Å²) in [7, 11) is 0. The van der Waals surface area contributed by atoms with Crippen molar-refractivity contribution in [1.82, 2.24) is 4.90 Å². The lowest BCUT2D eigenvalue weighted by Crippen LogP contribution is -2.71. The van der Waals surface area contributed by atoms with Crippen LogP contribution < -0.4 is 0 Å². The number of rotatable bonds is 7. The van der Waals surface area contributed by atoms with Crippen molar-refractivity contribution in [3.05, 3.63) is 0 Å².